The van der Waals surface area contributed by atoms with Crippen molar-refractivity contribution in [2.45, 2.75) is 39.2 Å². The molecule has 2 N–H and O–H groups in total. The van der Waals surface area contributed by atoms with Crippen molar-refractivity contribution in [3.05, 3.63) is 59.9 Å². The van der Waals surface area contributed by atoms with Gasteiger partial charge in [-0.1, -0.05) is 32.0 Å². The van der Waals surface area contributed by atoms with Crippen LogP contribution in [0.4, 0.5) is 5.69 Å². The molecule has 1 aromatic heterocycles. The molecule has 1 aliphatic heterocycles. The zero-order valence-corrected chi connectivity index (χ0v) is 17.2. The highest BCUT2D eigenvalue weighted by atomic mass is 16.2. The largest absolute Gasteiger partial charge is 0.348 e. The van der Waals surface area contributed by atoms with E-state index in [1.54, 1.807) is 6.20 Å². The van der Waals surface area contributed by atoms with Crippen molar-refractivity contribution in [1.29, 1.82) is 0 Å². The Morgan fingerprint density at radius 2 is 1.83 bits per heavy atom. The van der Waals surface area contributed by atoms with Gasteiger partial charge < -0.3 is 10.6 Å². The van der Waals surface area contributed by atoms with Gasteiger partial charge in [0.1, 0.15) is 0 Å². The summed E-state index contributed by atoms with van der Waals surface area (Å²) in [6.45, 7) is 7.66. The van der Waals surface area contributed by atoms with E-state index in [-0.39, 0.29) is 0 Å². The summed E-state index contributed by atoms with van der Waals surface area (Å²) in [5.74, 6) is -0.354. The van der Waals surface area contributed by atoms with Gasteiger partial charge in [0.25, 0.3) is 0 Å². The smallest absolute Gasteiger partial charge is 0.313 e. The zero-order chi connectivity index (χ0) is 20.6. The van der Waals surface area contributed by atoms with Crippen molar-refractivity contribution >= 4 is 17.5 Å². The number of amides is 2. The van der Waals surface area contributed by atoms with Crippen LogP contribution in [0, 0.1) is 5.92 Å². The number of nitrogens with one attached hydrogen (secondary N) is 2. The summed E-state index contributed by atoms with van der Waals surface area (Å²) in [6.07, 6.45) is 5.72. The standard InChI is InChI=1S/C23H30N4O2/c1-17(2)20-5-7-21(8-6-20)26-23(29)22(28)25-15-18-9-12-27(13-10-18)16-19-4-3-11-24-14-19/h3-8,11,14,17-18H,9-10,12-13,15-16H2,1-2H3,(H,25,28)(H,26,29). The van der Waals surface area contributed by atoms with Crippen molar-refractivity contribution in [1.82, 2.24) is 15.2 Å². The van der Waals surface area contributed by atoms with Crippen molar-refractivity contribution in [3.63, 3.8) is 0 Å². The van der Waals surface area contributed by atoms with Gasteiger partial charge in [-0.3, -0.25) is 19.5 Å². The molecule has 0 saturated carbocycles. The molecule has 1 fully saturated rings. The molecule has 154 valence electrons. The predicted octanol–water partition coefficient (Wildman–Crippen LogP) is 3.17. The Hall–Kier alpha value is -2.73. The average molecular weight is 395 g/mol. The molecule has 6 nitrogen and oxygen atoms in total. The normalized spacial score (nSPS) is 15.3. The lowest BCUT2D eigenvalue weighted by atomic mass is 9.96. The summed E-state index contributed by atoms with van der Waals surface area (Å²) in [5, 5.41) is 5.45. The Kier molecular flexibility index (Phi) is 7.36. The Morgan fingerprint density at radius 3 is 2.45 bits per heavy atom. The van der Waals surface area contributed by atoms with E-state index in [1.807, 2.05) is 36.5 Å². The monoisotopic (exact) mass is 394 g/mol. The maximum atomic E-state index is 12.1. The summed E-state index contributed by atoms with van der Waals surface area (Å²) < 4.78 is 0. The summed E-state index contributed by atoms with van der Waals surface area (Å²) >= 11 is 0. The minimum absolute atomic E-state index is 0.405. The number of carbonyl (C=O) groups excluding carboxylic acids is 2. The van der Waals surface area contributed by atoms with Gasteiger partial charge in [0.05, 0.1) is 0 Å². The molecule has 0 radical (unpaired) electrons. The van der Waals surface area contributed by atoms with Crippen LogP contribution in [0.1, 0.15) is 43.7 Å². The summed E-state index contributed by atoms with van der Waals surface area (Å²) in [4.78, 5) is 30.8. The van der Waals surface area contributed by atoms with E-state index in [4.69, 9.17) is 0 Å². The number of benzene rings is 1. The number of anilines is 1. The first-order valence-corrected chi connectivity index (χ1v) is 10.3. The van der Waals surface area contributed by atoms with Gasteiger partial charge in [0.2, 0.25) is 0 Å². The molecule has 2 amide bonds. The van der Waals surface area contributed by atoms with Crippen LogP contribution in [-0.2, 0) is 16.1 Å². The minimum Gasteiger partial charge on any atom is -0.348 e. The number of piperidine rings is 1. The number of hydrogen-bond donors (Lipinski definition) is 2. The van der Waals surface area contributed by atoms with Crippen LogP contribution >= 0.6 is 0 Å². The molecule has 1 aliphatic rings. The molecule has 3 rings (SSSR count). The molecule has 0 aliphatic carbocycles. The van der Waals surface area contributed by atoms with Crippen molar-refractivity contribution in [3.8, 4) is 0 Å². The highest BCUT2D eigenvalue weighted by molar-refractivity contribution is 6.39. The fourth-order valence-electron chi connectivity index (χ4n) is 3.56. The number of hydrogen-bond acceptors (Lipinski definition) is 4. The molecular formula is C23H30N4O2. The van der Waals surface area contributed by atoms with Gasteiger partial charge in [-0.2, -0.15) is 0 Å². The molecular weight excluding hydrogens is 364 g/mol. The number of pyridine rings is 1. The van der Waals surface area contributed by atoms with Crippen LogP contribution in [0.3, 0.4) is 0 Å². The van der Waals surface area contributed by atoms with E-state index in [9.17, 15) is 9.59 Å². The molecule has 2 aromatic rings. The third kappa shape index (κ3) is 6.39. The second kappa shape index (κ2) is 10.2. The van der Waals surface area contributed by atoms with Crippen LogP contribution in [0.25, 0.3) is 0 Å². The number of aromatic nitrogens is 1. The lowest BCUT2D eigenvalue weighted by molar-refractivity contribution is -0.136. The van der Waals surface area contributed by atoms with Gasteiger partial charge in [-0.25, -0.2) is 0 Å². The summed E-state index contributed by atoms with van der Waals surface area (Å²) in [7, 11) is 0. The van der Waals surface area contributed by atoms with E-state index in [0.717, 1.165) is 32.5 Å². The van der Waals surface area contributed by atoms with Gasteiger partial charge in [-0.05, 0) is 67.1 Å². The van der Waals surface area contributed by atoms with Crippen LogP contribution in [0.15, 0.2) is 48.8 Å². The second-order valence-electron chi connectivity index (χ2n) is 8.02. The maximum absolute atomic E-state index is 12.1. The van der Waals surface area contributed by atoms with Crippen LogP contribution in [0.5, 0.6) is 0 Å². The molecule has 0 bridgehead atoms. The minimum atomic E-state index is -0.615. The van der Waals surface area contributed by atoms with E-state index >= 15 is 0 Å². The quantitative estimate of drug-likeness (QED) is 0.738. The Balaban J connectivity index is 1.37. The van der Waals surface area contributed by atoms with Crippen LogP contribution < -0.4 is 10.6 Å². The van der Waals surface area contributed by atoms with E-state index < -0.39 is 11.8 Å². The number of likely N-dealkylation sites (tertiary alicyclic amines) is 1. The molecule has 1 aromatic carbocycles. The highest BCUT2D eigenvalue weighted by Gasteiger charge is 2.21. The molecule has 0 spiro atoms. The fourth-order valence-corrected chi connectivity index (χ4v) is 3.56. The second-order valence-corrected chi connectivity index (χ2v) is 8.02. The van der Waals surface area contributed by atoms with E-state index in [1.165, 1.54) is 11.1 Å². The Bertz CT molecular complexity index is 797. The third-order valence-electron chi connectivity index (χ3n) is 5.43. The van der Waals surface area contributed by atoms with E-state index in [2.05, 4.69) is 40.4 Å². The predicted molar refractivity (Wildman–Crippen MR) is 114 cm³/mol. The van der Waals surface area contributed by atoms with Gasteiger partial charge in [0, 0.05) is 31.2 Å². The molecule has 2 heterocycles. The first kappa shape index (κ1) is 21.0. The Labute approximate surface area is 172 Å². The Morgan fingerprint density at radius 1 is 1.10 bits per heavy atom. The average Bonchev–Trinajstić information content (AvgIpc) is 2.74. The number of carbonyl (C=O) groups is 2. The fraction of sp³-hybridized carbons (Fsp3) is 0.435. The zero-order valence-electron chi connectivity index (χ0n) is 17.2. The first-order chi connectivity index (χ1) is 14.0. The molecule has 0 unspecified atom stereocenters. The lowest BCUT2D eigenvalue weighted by Gasteiger charge is -2.31. The topological polar surface area (TPSA) is 74.3 Å². The first-order valence-electron chi connectivity index (χ1n) is 10.3. The highest BCUT2D eigenvalue weighted by Crippen LogP contribution is 2.19. The number of rotatable bonds is 6. The summed E-state index contributed by atoms with van der Waals surface area (Å²) in [6, 6.07) is 11.7. The third-order valence-corrected chi connectivity index (χ3v) is 5.43. The van der Waals surface area contributed by atoms with Crippen molar-refractivity contribution in [2.24, 2.45) is 5.92 Å². The molecule has 0 atom stereocenters. The molecule has 1 saturated heterocycles. The van der Waals surface area contributed by atoms with Gasteiger partial charge >= 0.3 is 11.8 Å². The molecule has 29 heavy (non-hydrogen) atoms. The van der Waals surface area contributed by atoms with E-state index in [0.29, 0.717) is 24.1 Å². The SMILES string of the molecule is CC(C)c1ccc(NC(=O)C(=O)NCC2CCN(Cc3cccnc3)CC2)cc1. The van der Waals surface area contributed by atoms with Crippen LogP contribution in [0.2, 0.25) is 0 Å². The maximum Gasteiger partial charge on any atom is 0.313 e. The van der Waals surface area contributed by atoms with Gasteiger partial charge in [0.15, 0.2) is 0 Å². The summed E-state index contributed by atoms with van der Waals surface area (Å²) in [5.41, 5.74) is 3.05. The van der Waals surface area contributed by atoms with Crippen LogP contribution in [-0.4, -0.2) is 41.3 Å². The van der Waals surface area contributed by atoms with Crippen molar-refractivity contribution < 1.29 is 9.59 Å². The molecule has 6 heteroatoms. The lowest BCUT2D eigenvalue weighted by Crippen LogP contribution is -2.41. The van der Waals surface area contributed by atoms with Gasteiger partial charge in [-0.15, -0.1) is 0 Å². The van der Waals surface area contributed by atoms with Crippen molar-refractivity contribution in [2.75, 3.05) is 25.0 Å². The number of nitrogens with zero attached hydrogens (tertiary/aromatic N) is 2.